The standard InChI is InChI=1S/C25H22Cl2N6.4CH4/c1-5-31-21-12-17(26)16(15-28)11-20(21)30-24(31)9-8-10-25-32(6-2)22-13-18(27)19(29-4)14-23(22)33(25)7-3;;;;/h8-14H,5-7H2,1-3H3;4*1H4/p+1. The first-order valence-corrected chi connectivity index (χ1v) is 11.5. The summed E-state index contributed by atoms with van der Waals surface area (Å²) in [7, 11) is 0. The van der Waals surface area contributed by atoms with E-state index in [-0.39, 0.29) is 29.7 Å². The lowest BCUT2D eigenvalue weighted by molar-refractivity contribution is -0.670. The smallest absolute Gasteiger partial charge is 0.282 e. The van der Waals surface area contributed by atoms with Gasteiger partial charge in [-0.2, -0.15) is 5.26 Å². The summed E-state index contributed by atoms with van der Waals surface area (Å²) in [5, 5.41) is 13.6. The molecule has 2 heterocycles. The Bertz CT molecular complexity index is 1400. The van der Waals surface area contributed by atoms with Crippen LogP contribution < -0.4 is 14.8 Å². The van der Waals surface area contributed by atoms with Crippen molar-refractivity contribution in [2.75, 3.05) is 16.8 Å². The van der Waals surface area contributed by atoms with Crippen LogP contribution in [0.5, 0.6) is 0 Å². The zero-order valence-corrected chi connectivity index (χ0v) is 20.2. The Labute approximate surface area is 232 Å². The van der Waals surface area contributed by atoms with Crippen molar-refractivity contribution in [3.8, 4) is 6.07 Å². The molecule has 37 heavy (non-hydrogen) atoms. The highest BCUT2D eigenvalue weighted by atomic mass is 35.5. The number of aryl methyl sites for hydroxylation is 2. The number of rotatable bonds is 5. The molecule has 0 fully saturated rings. The van der Waals surface area contributed by atoms with Crippen molar-refractivity contribution in [3.05, 3.63) is 75.1 Å². The van der Waals surface area contributed by atoms with E-state index in [1.165, 1.54) is 0 Å². The number of nitrogens with zero attached hydrogens (tertiary/aromatic N) is 5. The van der Waals surface area contributed by atoms with E-state index in [9.17, 15) is 5.26 Å². The second kappa shape index (κ2) is 13.7. The van der Waals surface area contributed by atoms with E-state index in [2.05, 4.69) is 57.1 Å². The molecule has 1 aliphatic rings. The van der Waals surface area contributed by atoms with Gasteiger partial charge in [0.2, 0.25) is 5.69 Å². The van der Waals surface area contributed by atoms with Crippen LogP contribution >= 0.6 is 23.2 Å². The minimum absolute atomic E-state index is 0. The molecule has 0 bridgehead atoms. The van der Waals surface area contributed by atoms with Gasteiger partial charge in [0.05, 0.1) is 46.6 Å². The summed E-state index contributed by atoms with van der Waals surface area (Å²) in [6, 6.07) is 9.48. The maximum Gasteiger partial charge on any atom is 0.282 e. The Morgan fingerprint density at radius 2 is 1.76 bits per heavy atom. The molecular weight excluding hydrogens is 503 g/mol. The lowest BCUT2D eigenvalue weighted by Crippen LogP contribution is -2.35. The molecule has 0 spiro atoms. The van der Waals surface area contributed by atoms with Crippen LogP contribution in [-0.2, 0) is 13.1 Å². The molecule has 0 aliphatic carbocycles. The van der Waals surface area contributed by atoms with Crippen molar-refractivity contribution >= 4 is 57.4 Å². The molecule has 0 atom stereocenters. The summed E-state index contributed by atoms with van der Waals surface area (Å²) < 4.78 is 4.38. The van der Waals surface area contributed by atoms with Crippen LogP contribution in [-0.4, -0.2) is 11.1 Å². The van der Waals surface area contributed by atoms with E-state index in [1.54, 1.807) is 6.07 Å². The summed E-state index contributed by atoms with van der Waals surface area (Å²) in [5.74, 6) is 1.94. The Balaban J connectivity index is 0.00000324. The molecule has 198 valence electrons. The van der Waals surface area contributed by atoms with E-state index in [0.29, 0.717) is 21.3 Å². The number of nitriles is 1. The maximum absolute atomic E-state index is 9.28. The first kappa shape index (κ1) is 33.5. The van der Waals surface area contributed by atoms with Gasteiger partial charge in [-0.1, -0.05) is 59.0 Å². The average Bonchev–Trinajstić information content (AvgIpc) is 3.30. The van der Waals surface area contributed by atoms with Crippen molar-refractivity contribution in [3.63, 3.8) is 0 Å². The number of benzene rings is 2. The van der Waals surface area contributed by atoms with Gasteiger partial charge >= 0.3 is 0 Å². The lowest BCUT2D eigenvalue weighted by atomic mass is 10.2. The first-order chi connectivity index (χ1) is 16.0. The fraction of sp³-hybridized carbons (Fsp3) is 0.345. The van der Waals surface area contributed by atoms with Crippen LogP contribution in [0.25, 0.3) is 22.0 Å². The molecule has 2 aromatic carbocycles. The number of anilines is 2. The zero-order chi connectivity index (χ0) is 23.7. The van der Waals surface area contributed by atoms with Crippen LogP contribution in [0.1, 0.15) is 61.9 Å². The van der Waals surface area contributed by atoms with Gasteiger partial charge in [0.1, 0.15) is 11.9 Å². The monoisotopic (exact) mass is 541 g/mol. The number of hydrogen-bond acceptors (Lipinski definition) is 3. The number of allylic oxidation sites excluding steroid dienone is 2. The third kappa shape index (κ3) is 5.77. The van der Waals surface area contributed by atoms with E-state index < -0.39 is 0 Å². The SMILES string of the molecule is C.C.C.C.[C-]#[N+]c1cc2c(cc1Cl)[n+](CC)c(C=CC=C1Nc3cc(C#N)c(Cl)cc3N1CC)n2CC. The predicted molar refractivity (Wildman–Crippen MR) is 162 cm³/mol. The second-order valence-electron chi connectivity index (χ2n) is 7.49. The molecule has 3 aromatic rings. The van der Waals surface area contributed by atoms with Gasteiger partial charge in [-0.15, -0.1) is 0 Å². The summed E-state index contributed by atoms with van der Waals surface area (Å²) in [4.78, 5) is 5.68. The van der Waals surface area contributed by atoms with Crippen molar-refractivity contribution in [2.24, 2.45) is 0 Å². The molecule has 0 radical (unpaired) electrons. The topological polar surface area (TPSA) is 52.2 Å². The van der Waals surface area contributed by atoms with Gasteiger partial charge in [0, 0.05) is 12.6 Å². The highest BCUT2D eigenvalue weighted by molar-refractivity contribution is 6.34. The normalized spacial score (nSPS) is 12.5. The molecular formula is C29H39Cl2N6+. The highest BCUT2D eigenvalue weighted by Crippen LogP contribution is 2.39. The molecule has 0 saturated carbocycles. The number of aromatic nitrogens is 2. The van der Waals surface area contributed by atoms with E-state index >= 15 is 0 Å². The van der Waals surface area contributed by atoms with Crippen molar-refractivity contribution < 1.29 is 4.57 Å². The van der Waals surface area contributed by atoms with Gasteiger partial charge in [0.15, 0.2) is 11.0 Å². The number of fused-ring (bicyclic) bond motifs is 2. The van der Waals surface area contributed by atoms with E-state index in [4.69, 9.17) is 29.8 Å². The lowest BCUT2D eigenvalue weighted by Gasteiger charge is -2.17. The number of halogens is 2. The van der Waals surface area contributed by atoms with Gasteiger partial charge in [-0.3, -0.25) is 0 Å². The van der Waals surface area contributed by atoms with E-state index in [1.807, 2.05) is 30.4 Å². The largest absolute Gasteiger partial charge is 0.340 e. The molecule has 1 aromatic heterocycles. The average molecular weight is 543 g/mol. The van der Waals surface area contributed by atoms with Gasteiger partial charge in [0.25, 0.3) is 5.82 Å². The van der Waals surface area contributed by atoms with Crippen LogP contribution in [0.3, 0.4) is 0 Å². The Kier molecular flexibility index (Phi) is 12.5. The molecule has 1 aliphatic heterocycles. The summed E-state index contributed by atoms with van der Waals surface area (Å²) in [5.41, 5.74) is 4.72. The van der Waals surface area contributed by atoms with Gasteiger partial charge in [-0.05, 0) is 51.1 Å². The molecule has 4 rings (SSSR count). The zero-order valence-electron chi connectivity index (χ0n) is 18.7. The molecule has 1 N–H and O–H groups in total. The number of hydrogen-bond donors (Lipinski definition) is 1. The number of imidazole rings is 1. The van der Waals surface area contributed by atoms with Crippen LogP contribution in [0.4, 0.5) is 17.1 Å². The Hall–Kier alpha value is -3.45. The van der Waals surface area contributed by atoms with Crippen molar-refractivity contribution in [1.82, 2.24) is 4.57 Å². The van der Waals surface area contributed by atoms with E-state index in [0.717, 1.165) is 53.7 Å². The van der Waals surface area contributed by atoms with Crippen molar-refractivity contribution in [2.45, 2.75) is 63.6 Å². The maximum atomic E-state index is 9.28. The molecule has 8 heteroatoms. The third-order valence-corrected chi connectivity index (χ3v) is 6.41. The highest BCUT2D eigenvalue weighted by Gasteiger charge is 2.25. The molecule has 0 amide bonds. The molecule has 0 saturated heterocycles. The van der Waals surface area contributed by atoms with Crippen LogP contribution in [0.2, 0.25) is 10.0 Å². The Morgan fingerprint density at radius 3 is 2.32 bits per heavy atom. The van der Waals surface area contributed by atoms with Crippen LogP contribution in [0, 0.1) is 17.9 Å². The fourth-order valence-electron chi connectivity index (χ4n) is 4.30. The minimum atomic E-state index is 0. The predicted octanol–water partition coefficient (Wildman–Crippen LogP) is 9.05. The second-order valence-corrected chi connectivity index (χ2v) is 8.31. The van der Waals surface area contributed by atoms with Crippen LogP contribution in [0.15, 0.2) is 42.2 Å². The van der Waals surface area contributed by atoms with Crippen molar-refractivity contribution in [1.29, 1.82) is 5.26 Å². The first-order valence-electron chi connectivity index (χ1n) is 10.8. The fourth-order valence-corrected chi connectivity index (χ4v) is 4.70. The van der Waals surface area contributed by atoms with Gasteiger partial charge in [-0.25, -0.2) is 14.0 Å². The van der Waals surface area contributed by atoms with Gasteiger partial charge < -0.3 is 10.2 Å². The summed E-state index contributed by atoms with van der Waals surface area (Å²) >= 11 is 12.6. The molecule has 0 unspecified atom stereocenters. The number of nitrogens with one attached hydrogen (secondary N) is 1. The quantitative estimate of drug-likeness (QED) is 0.258. The Morgan fingerprint density at radius 1 is 1.05 bits per heavy atom. The summed E-state index contributed by atoms with van der Waals surface area (Å²) in [6.07, 6.45) is 6.09. The third-order valence-electron chi connectivity index (χ3n) is 5.80. The molecule has 6 nitrogen and oxygen atoms in total. The summed E-state index contributed by atoms with van der Waals surface area (Å²) in [6.45, 7) is 15.9. The minimum Gasteiger partial charge on any atom is -0.340 e.